The van der Waals surface area contributed by atoms with Crippen LogP contribution in [-0.2, 0) is 0 Å². The summed E-state index contributed by atoms with van der Waals surface area (Å²) in [6.07, 6.45) is 0. The second kappa shape index (κ2) is 6.18. The van der Waals surface area contributed by atoms with Crippen LogP contribution in [0, 0.1) is 6.45 Å². The standard InChI is InChI=1S/C12H7I2NO3S/c13-7-1-2-9(8(4-7)12(17)18)15-11(16)6-3-10(14)19-5-6/h1-5H,(H,15,16)(H,17,18). The Morgan fingerprint density at radius 2 is 1.95 bits per heavy atom. The number of carbonyl (C=O) groups is 2. The molecule has 0 saturated carbocycles. The minimum atomic E-state index is -1.06. The van der Waals surface area contributed by atoms with E-state index >= 15 is 0 Å². The molecule has 98 valence electrons. The first-order valence-corrected chi connectivity index (χ1v) is 8.09. The van der Waals surface area contributed by atoms with Crippen molar-refractivity contribution in [2.75, 3.05) is 5.32 Å². The molecule has 1 aromatic carbocycles. The number of aromatic carboxylic acids is 1. The number of nitrogens with one attached hydrogen (secondary N) is 1. The summed E-state index contributed by atoms with van der Waals surface area (Å²) in [5.41, 5.74) is 0.925. The summed E-state index contributed by atoms with van der Waals surface area (Å²) in [7, 11) is 0. The van der Waals surface area contributed by atoms with Crippen molar-refractivity contribution >= 4 is 74.1 Å². The number of hydrogen-bond acceptors (Lipinski definition) is 3. The molecule has 0 radical (unpaired) electrons. The molecule has 0 fully saturated rings. The zero-order valence-corrected chi connectivity index (χ0v) is 14.4. The second-order valence-electron chi connectivity index (χ2n) is 3.59. The van der Waals surface area contributed by atoms with Crippen LogP contribution in [0.3, 0.4) is 0 Å². The monoisotopic (exact) mass is 499 g/mol. The lowest BCUT2D eigenvalue weighted by Gasteiger charge is -2.08. The summed E-state index contributed by atoms with van der Waals surface area (Å²) >= 11 is 5.62. The molecule has 4 nitrogen and oxygen atoms in total. The first-order chi connectivity index (χ1) is 8.97. The molecule has 1 amide bonds. The zero-order chi connectivity index (χ0) is 14.0. The predicted octanol–water partition coefficient (Wildman–Crippen LogP) is 3.91. The molecule has 0 atom stereocenters. The number of amides is 1. The summed E-state index contributed by atoms with van der Waals surface area (Å²) < 4.78 is 1.81. The van der Waals surface area contributed by atoms with Gasteiger partial charge < -0.3 is 10.4 Å². The van der Waals surface area contributed by atoms with Gasteiger partial charge in [-0.3, -0.25) is 4.79 Å². The number of hydrogen-bond donors (Lipinski definition) is 2. The average molecular weight is 499 g/mol. The second-order valence-corrected chi connectivity index (χ2v) is 7.64. The van der Waals surface area contributed by atoms with Gasteiger partial charge in [-0.1, -0.05) is 0 Å². The van der Waals surface area contributed by atoms with E-state index < -0.39 is 5.97 Å². The fraction of sp³-hybridized carbons (Fsp3) is 0. The van der Waals surface area contributed by atoms with Gasteiger partial charge in [0.05, 0.1) is 19.7 Å². The van der Waals surface area contributed by atoms with Crippen molar-refractivity contribution in [2.24, 2.45) is 0 Å². The van der Waals surface area contributed by atoms with Crippen molar-refractivity contribution < 1.29 is 14.7 Å². The third-order valence-electron chi connectivity index (χ3n) is 2.29. The number of anilines is 1. The van der Waals surface area contributed by atoms with Gasteiger partial charge >= 0.3 is 5.97 Å². The molecule has 2 aromatic rings. The van der Waals surface area contributed by atoms with Gasteiger partial charge in [-0.2, -0.15) is 0 Å². The maximum absolute atomic E-state index is 12.0. The van der Waals surface area contributed by atoms with E-state index in [-0.39, 0.29) is 11.5 Å². The Bertz CT molecular complexity index is 654. The lowest BCUT2D eigenvalue weighted by molar-refractivity contribution is 0.0698. The van der Waals surface area contributed by atoms with Gasteiger partial charge in [0.25, 0.3) is 5.91 Å². The molecule has 0 unspecified atom stereocenters. The Kier molecular flexibility index (Phi) is 4.79. The van der Waals surface area contributed by atoms with Gasteiger partial charge in [-0.25, -0.2) is 4.79 Å². The average Bonchev–Trinajstić information content (AvgIpc) is 2.78. The van der Waals surface area contributed by atoms with E-state index in [0.29, 0.717) is 11.3 Å². The Morgan fingerprint density at radius 1 is 1.21 bits per heavy atom. The minimum absolute atomic E-state index is 0.0881. The van der Waals surface area contributed by atoms with E-state index in [1.807, 2.05) is 22.6 Å². The fourth-order valence-corrected chi connectivity index (χ4v) is 3.24. The predicted molar refractivity (Wildman–Crippen MR) is 91.1 cm³/mol. The topological polar surface area (TPSA) is 66.4 Å². The third kappa shape index (κ3) is 3.66. The van der Waals surface area contributed by atoms with Gasteiger partial charge in [0, 0.05) is 8.95 Å². The van der Waals surface area contributed by atoms with Crippen LogP contribution < -0.4 is 5.32 Å². The molecular formula is C12H7I2NO3S. The largest absolute Gasteiger partial charge is 0.478 e. The van der Waals surface area contributed by atoms with E-state index in [1.165, 1.54) is 17.4 Å². The summed E-state index contributed by atoms with van der Waals surface area (Å²) in [6, 6.07) is 6.63. The van der Waals surface area contributed by atoms with Crippen molar-refractivity contribution in [2.45, 2.75) is 0 Å². The summed E-state index contributed by atoms with van der Waals surface area (Å²) in [6.45, 7) is 0. The smallest absolute Gasteiger partial charge is 0.337 e. The normalized spacial score (nSPS) is 10.2. The number of benzene rings is 1. The van der Waals surface area contributed by atoms with E-state index in [0.717, 1.165) is 6.45 Å². The van der Waals surface area contributed by atoms with Crippen LogP contribution in [0.2, 0.25) is 0 Å². The van der Waals surface area contributed by atoms with E-state index in [4.69, 9.17) is 5.11 Å². The van der Waals surface area contributed by atoms with E-state index in [1.54, 1.807) is 23.6 Å². The van der Waals surface area contributed by atoms with Gasteiger partial charge in [-0.05, 0) is 69.4 Å². The van der Waals surface area contributed by atoms with Crippen LogP contribution in [0.4, 0.5) is 5.69 Å². The van der Waals surface area contributed by atoms with Crippen molar-refractivity contribution in [3.63, 3.8) is 0 Å². The highest BCUT2D eigenvalue weighted by molar-refractivity contribution is 14.1. The molecule has 2 N–H and O–H groups in total. The highest BCUT2D eigenvalue weighted by Gasteiger charge is 2.14. The summed E-state index contributed by atoms with van der Waals surface area (Å²) in [5, 5.41) is 13.5. The highest BCUT2D eigenvalue weighted by atomic mass is 127. The molecule has 0 aliphatic heterocycles. The molecular weight excluding hydrogens is 492 g/mol. The summed E-state index contributed by atoms with van der Waals surface area (Å²) in [5.74, 6) is -1.36. The Labute approximate surface area is 140 Å². The first-order valence-electron chi connectivity index (χ1n) is 5.05. The number of carbonyl (C=O) groups excluding carboxylic acids is 1. The lowest BCUT2D eigenvalue weighted by atomic mass is 10.1. The van der Waals surface area contributed by atoms with Crippen LogP contribution in [-0.4, -0.2) is 17.0 Å². The summed E-state index contributed by atoms with van der Waals surface area (Å²) in [4.78, 5) is 23.1. The molecule has 19 heavy (non-hydrogen) atoms. The van der Waals surface area contributed by atoms with Crippen LogP contribution in [0.1, 0.15) is 20.7 Å². The third-order valence-corrected chi connectivity index (χ3v) is 4.75. The molecule has 1 heterocycles. The molecule has 0 bridgehead atoms. The number of halogens is 2. The number of thiophene rings is 1. The van der Waals surface area contributed by atoms with Crippen molar-refractivity contribution in [1.29, 1.82) is 0 Å². The van der Waals surface area contributed by atoms with Crippen LogP contribution in [0.5, 0.6) is 0 Å². The number of carboxylic acid groups (broad SMARTS) is 1. The van der Waals surface area contributed by atoms with Crippen LogP contribution in [0.15, 0.2) is 29.6 Å². The van der Waals surface area contributed by atoms with Gasteiger partial charge in [0.1, 0.15) is 0 Å². The first kappa shape index (κ1) is 14.7. The van der Waals surface area contributed by atoms with Crippen molar-refractivity contribution in [3.8, 4) is 0 Å². The van der Waals surface area contributed by atoms with Crippen LogP contribution >= 0.6 is 56.5 Å². The van der Waals surface area contributed by atoms with Gasteiger partial charge in [0.15, 0.2) is 0 Å². The molecule has 0 spiro atoms. The Hall–Kier alpha value is -0.680. The maximum atomic E-state index is 12.0. The molecule has 2 rings (SSSR count). The quantitative estimate of drug-likeness (QED) is 0.630. The van der Waals surface area contributed by atoms with Crippen LogP contribution in [0.25, 0.3) is 0 Å². The van der Waals surface area contributed by atoms with E-state index in [2.05, 4.69) is 27.9 Å². The molecule has 0 aliphatic carbocycles. The number of rotatable bonds is 3. The minimum Gasteiger partial charge on any atom is -0.478 e. The Balaban J connectivity index is 2.28. The number of carboxylic acids is 1. The van der Waals surface area contributed by atoms with Crippen molar-refractivity contribution in [3.05, 3.63) is 47.2 Å². The van der Waals surface area contributed by atoms with Gasteiger partial charge in [0.2, 0.25) is 0 Å². The van der Waals surface area contributed by atoms with Crippen molar-refractivity contribution in [1.82, 2.24) is 0 Å². The highest BCUT2D eigenvalue weighted by Crippen LogP contribution is 2.21. The molecule has 0 aliphatic rings. The maximum Gasteiger partial charge on any atom is 0.337 e. The fourth-order valence-electron chi connectivity index (χ4n) is 1.43. The molecule has 0 saturated heterocycles. The van der Waals surface area contributed by atoms with E-state index in [9.17, 15) is 9.59 Å². The lowest BCUT2D eigenvalue weighted by Crippen LogP contribution is -2.14. The molecule has 7 heteroatoms. The zero-order valence-electron chi connectivity index (χ0n) is 9.31. The Morgan fingerprint density at radius 3 is 2.53 bits per heavy atom. The molecule has 1 aromatic heterocycles. The SMILES string of the molecule is O=C(Nc1ccc(I)cc1C(=O)O)c1csc(I)c1. The van der Waals surface area contributed by atoms with Gasteiger partial charge in [-0.15, -0.1) is 11.3 Å².